The maximum Gasteiger partial charge on any atom is 0.338 e. The molecule has 0 aliphatic carbocycles. The van der Waals surface area contributed by atoms with Gasteiger partial charge in [-0.25, -0.2) is 14.0 Å². The largest absolute Gasteiger partial charge is 0.462 e. The monoisotopic (exact) mass is 350 g/mol. The lowest BCUT2D eigenvalue weighted by Crippen LogP contribution is -2.28. The first-order chi connectivity index (χ1) is 11.5. The summed E-state index contributed by atoms with van der Waals surface area (Å²) in [6, 6.07) is 10.1. The molecule has 0 heterocycles. The van der Waals surface area contributed by atoms with Gasteiger partial charge in [-0.3, -0.25) is 0 Å². The van der Waals surface area contributed by atoms with Crippen LogP contribution in [0.4, 0.5) is 14.9 Å². The summed E-state index contributed by atoms with van der Waals surface area (Å²) >= 11 is 5.68. The first kappa shape index (κ1) is 17.7. The van der Waals surface area contributed by atoms with Gasteiger partial charge >= 0.3 is 12.0 Å². The highest BCUT2D eigenvalue weighted by Crippen LogP contribution is 2.16. The van der Waals surface area contributed by atoms with Crippen LogP contribution < -0.4 is 10.6 Å². The third-order valence-corrected chi connectivity index (χ3v) is 3.38. The molecule has 5 nitrogen and oxygen atoms in total. The lowest BCUT2D eigenvalue weighted by atomic mass is 10.2. The highest BCUT2D eigenvalue weighted by atomic mass is 35.5. The van der Waals surface area contributed by atoms with Gasteiger partial charge in [0, 0.05) is 12.2 Å². The van der Waals surface area contributed by atoms with Crippen molar-refractivity contribution in [3.8, 4) is 0 Å². The second kappa shape index (κ2) is 8.31. The molecule has 0 fully saturated rings. The van der Waals surface area contributed by atoms with E-state index in [9.17, 15) is 14.0 Å². The van der Waals surface area contributed by atoms with Crippen LogP contribution in [0, 0.1) is 5.82 Å². The van der Waals surface area contributed by atoms with Gasteiger partial charge in [0.1, 0.15) is 5.82 Å². The summed E-state index contributed by atoms with van der Waals surface area (Å²) in [5, 5.41) is 5.26. The van der Waals surface area contributed by atoms with Crippen molar-refractivity contribution in [3.63, 3.8) is 0 Å². The molecular weight excluding hydrogens is 335 g/mol. The molecule has 7 heteroatoms. The summed E-state index contributed by atoms with van der Waals surface area (Å²) in [5.41, 5.74) is 1.61. The fraction of sp³-hybridized carbons (Fsp3) is 0.176. The van der Waals surface area contributed by atoms with Crippen molar-refractivity contribution < 1.29 is 18.7 Å². The van der Waals surface area contributed by atoms with E-state index in [0.717, 1.165) is 0 Å². The molecule has 0 aromatic heterocycles. The summed E-state index contributed by atoms with van der Waals surface area (Å²) in [5.74, 6) is -0.923. The van der Waals surface area contributed by atoms with Gasteiger partial charge in [-0.2, -0.15) is 0 Å². The summed E-state index contributed by atoms with van der Waals surface area (Å²) in [7, 11) is 0. The zero-order valence-corrected chi connectivity index (χ0v) is 13.7. The van der Waals surface area contributed by atoms with Crippen LogP contribution in [-0.4, -0.2) is 18.6 Å². The minimum Gasteiger partial charge on any atom is -0.462 e. The lowest BCUT2D eigenvalue weighted by molar-refractivity contribution is 0.0526. The van der Waals surface area contributed by atoms with E-state index in [2.05, 4.69) is 10.6 Å². The van der Waals surface area contributed by atoms with E-state index in [1.807, 2.05) is 0 Å². The molecule has 0 bridgehead atoms. The lowest BCUT2D eigenvalue weighted by Gasteiger charge is -2.09. The molecular formula is C17H16ClFN2O3. The summed E-state index contributed by atoms with van der Waals surface area (Å²) < 4.78 is 17.9. The van der Waals surface area contributed by atoms with Gasteiger partial charge in [0.15, 0.2) is 0 Å². The summed E-state index contributed by atoms with van der Waals surface area (Å²) in [6.45, 7) is 2.23. The average molecular weight is 351 g/mol. The molecule has 0 unspecified atom stereocenters. The Bertz CT molecular complexity index is 735. The number of carbonyl (C=O) groups excluding carboxylic acids is 2. The number of ether oxygens (including phenoxy) is 1. The van der Waals surface area contributed by atoms with Crippen LogP contribution in [0.25, 0.3) is 0 Å². The quantitative estimate of drug-likeness (QED) is 0.801. The van der Waals surface area contributed by atoms with E-state index in [4.69, 9.17) is 16.3 Å². The third-order valence-electron chi connectivity index (χ3n) is 3.09. The van der Waals surface area contributed by atoms with Crippen LogP contribution in [0.5, 0.6) is 0 Å². The number of esters is 1. The SMILES string of the molecule is CCOC(=O)c1ccc(NC(=O)NCc2ccc(F)c(Cl)c2)cc1. The van der Waals surface area contributed by atoms with Gasteiger partial charge in [-0.1, -0.05) is 17.7 Å². The average Bonchev–Trinajstić information content (AvgIpc) is 2.57. The van der Waals surface area contributed by atoms with Crippen LogP contribution in [0.1, 0.15) is 22.8 Å². The predicted molar refractivity (Wildman–Crippen MR) is 89.7 cm³/mol. The van der Waals surface area contributed by atoms with Gasteiger partial charge in [-0.15, -0.1) is 0 Å². The molecule has 0 saturated heterocycles. The number of hydrogen-bond acceptors (Lipinski definition) is 3. The van der Waals surface area contributed by atoms with Crippen LogP contribution in [0.3, 0.4) is 0 Å². The molecule has 2 aromatic carbocycles. The Balaban J connectivity index is 1.87. The molecule has 2 amide bonds. The predicted octanol–water partition coefficient (Wildman–Crippen LogP) is 3.98. The van der Waals surface area contributed by atoms with E-state index in [0.29, 0.717) is 23.4 Å². The summed E-state index contributed by atoms with van der Waals surface area (Å²) in [4.78, 5) is 23.4. The molecule has 0 atom stereocenters. The Kier molecular flexibility index (Phi) is 6.14. The number of carbonyl (C=O) groups is 2. The van der Waals surface area contributed by atoms with E-state index in [1.54, 1.807) is 31.2 Å². The minimum atomic E-state index is -0.508. The number of benzene rings is 2. The fourth-order valence-corrected chi connectivity index (χ4v) is 2.11. The van der Waals surface area contributed by atoms with Crippen molar-refractivity contribution in [2.45, 2.75) is 13.5 Å². The van der Waals surface area contributed by atoms with Crippen LogP contribution in [0.2, 0.25) is 5.02 Å². The molecule has 0 spiro atoms. The molecule has 126 valence electrons. The van der Waals surface area contributed by atoms with Crippen molar-refractivity contribution in [2.24, 2.45) is 0 Å². The molecule has 0 aliphatic rings. The van der Waals surface area contributed by atoms with E-state index >= 15 is 0 Å². The van der Waals surface area contributed by atoms with Gasteiger partial charge in [0.05, 0.1) is 17.2 Å². The van der Waals surface area contributed by atoms with Crippen LogP contribution in [-0.2, 0) is 11.3 Å². The number of hydrogen-bond donors (Lipinski definition) is 2. The number of halogens is 2. The Hall–Kier alpha value is -2.60. The number of nitrogens with one attached hydrogen (secondary N) is 2. The van der Waals surface area contributed by atoms with Gasteiger partial charge in [0.25, 0.3) is 0 Å². The van der Waals surface area contributed by atoms with E-state index < -0.39 is 17.8 Å². The zero-order valence-electron chi connectivity index (χ0n) is 12.9. The van der Waals surface area contributed by atoms with Gasteiger partial charge in [-0.05, 0) is 48.9 Å². The van der Waals surface area contributed by atoms with Crippen LogP contribution >= 0.6 is 11.6 Å². The van der Waals surface area contributed by atoms with Crippen molar-refractivity contribution in [1.29, 1.82) is 0 Å². The molecule has 0 aliphatic heterocycles. The van der Waals surface area contributed by atoms with E-state index in [-0.39, 0.29) is 11.6 Å². The number of anilines is 1. The Labute approximate surface area is 143 Å². The van der Waals surface area contributed by atoms with Crippen LogP contribution in [0.15, 0.2) is 42.5 Å². The minimum absolute atomic E-state index is 0.00395. The second-order valence-corrected chi connectivity index (χ2v) is 5.26. The molecule has 2 aromatic rings. The highest BCUT2D eigenvalue weighted by molar-refractivity contribution is 6.30. The topological polar surface area (TPSA) is 67.4 Å². The van der Waals surface area contributed by atoms with Crippen molar-refractivity contribution >= 4 is 29.3 Å². The molecule has 0 saturated carbocycles. The number of rotatable bonds is 5. The molecule has 2 rings (SSSR count). The maximum atomic E-state index is 13.1. The van der Waals surface area contributed by atoms with Gasteiger partial charge < -0.3 is 15.4 Å². The maximum absolute atomic E-state index is 13.1. The van der Waals surface area contributed by atoms with Crippen molar-refractivity contribution in [1.82, 2.24) is 5.32 Å². The molecule has 0 radical (unpaired) electrons. The summed E-state index contributed by atoms with van der Waals surface area (Å²) in [6.07, 6.45) is 0. The third kappa shape index (κ3) is 4.96. The normalized spacial score (nSPS) is 10.1. The number of amides is 2. The standard InChI is InChI=1S/C17H16ClFN2O3/c1-2-24-16(22)12-4-6-13(7-5-12)21-17(23)20-10-11-3-8-15(19)14(18)9-11/h3-9H,2,10H2,1H3,(H2,20,21,23). The first-order valence-electron chi connectivity index (χ1n) is 7.25. The molecule has 24 heavy (non-hydrogen) atoms. The zero-order chi connectivity index (χ0) is 17.5. The van der Waals surface area contributed by atoms with Crippen molar-refractivity contribution in [2.75, 3.05) is 11.9 Å². The Morgan fingerprint density at radius 1 is 1.17 bits per heavy atom. The Morgan fingerprint density at radius 2 is 1.88 bits per heavy atom. The van der Waals surface area contributed by atoms with Gasteiger partial charge in [0.2, 0.25) is 0 Å². The molecule has 2 N–H and O–H groups in total. The first-order valence-corrected chi connectivity index (χ1v) is 7.63. The smallest absolute Gasteiger partial charge is 0.338 e. The fourth-order valence-electron chi connectivity index (χ4n) is 1.91. The number of urea groups is 1. The second-order valence-electron chi connectivity index (χ2n) is 4.85. The van der Waals surface area contributed by atoms with E-state index in [1.165, 1.54) is 18.2 Å². The Morgan fingerprint density at radius 3 is 2.50 bits per heavy atom. The highest BCUT2D eigenvalue weighted by Gasteiger charge is 2.07. The van der Waals surface area contributed by atoms with Crippen molar-refractivity contribution in [3.05, 3.63) is 64.4 Å².